The third-order valence-corrected chi connectivity index (χ3v) is 31.6. The number of nitro benzene ring substituents is 1. The number of phenolic OH excluding ortho intramolecular Hbond substituents is 2. The summed E-state index contributed by atoms with van der Waals surface area (Å²) in [7, 11) is -1.48. The Morgan fingerprint density at radius 3 is 1.60 bits per heavy atom. The maximum absolute atomic E-state index is 13.5. The molecular weight excluding hydrogens is 1960 g/mol. The van der Waals surface area contributed by atoms with Crippen LogP contribution in [0.5, 0.6) is 34.5 Å². The first-order chi connectivity index (χ1) is 72.1. The van der Waals surface area contributed by atoms with Crippen molar-refractivity contribution in [2.45, 2.75) is 99.5 Å². The number of amides is 4. The van der Waals surface area contributed by atoms with Crippen molar-refractivity contribution in [1.29, 1.82) is 0 Å². The summed E-state index contributed by atoms with van der Waals surface area (Å²) in [4.78, 5) is 72.2. The number of hydrogen-bond donors (Lipinski definition) is 6. The minimum atomic E-state index is -3.93. The van der Waals surface area contributed by atoms with E-state index in [9.17, 15) is 56.3 Å². The molecule has 5 fully saturated rings. The number of carbonyl (C=O) groups is 4. The van der Waals surface area contributed by atoms with E-state index >= 15 is 0 Å². The van der Waals surface area contributed by atoms with E-state index in [1.807, 2.05) is 98.8 Å². The Balaban J connectivity index is 0.000000133. The van der Waals surface area contributed by atoms with Gasteiger partial charge in [0.25, 0.3) is 37.5 Å². The van der Waals surface area contributed by atoms with Gasteiger partial charge in [0.1, 0.15) is 35.2 Å². The zero-order chi connectivity index (χ0) is 105. The number of nitrogens with zero attached hydrogens (tertiary/aromatic N) is 9. The molecule has 149 heavy (non-hydrogen) atoms. The molecule has 0 radical (unpaired) electrons. The average molecular weight is 2080 g/mol. The van der Waals surface area contributed by atoms with Crippen molar-refractivity contribution in [3.63, 3.8) is 0 Å². The zero-order valence-corrected chi connectivity index (χ0v) is 86.1. The van der Waals surface area contributed by atoms with Crippen LogP contribution >= 0.6 is 22.9 Å². The fourth-order valence-electron chi connectivity index (χ4n) is 19.8. The molecule has 1 unspecified atom stereocenters. The van der Waals surface area contributed by atoms with Gasteiger partial charge < -0.3 is 45.1 Å². The van der Waals surface area contributed by atoms with Gasteiger partial charge in [0.15, 0.2) is 17.7 Å². The number of nitrogens with one attached hydrogen (secondary N) is 4. The third kappa shape index (κ3) is 26.5. The number of ether oxygens (including phenoxy) is 4. The van der Waals surface area contributed by atoms with E-state index in [-0.39, 0.29) is 74.8 Å². The van der Waals surface area contributed by atoms with Crippen molar-refractivity contribution in [1.82, 2.24) is 30.5 Å². The van der Waals surface area contributed by atoms with Crippen molar-refractivity contribution < 1.29 is 70.1 Å². The number of rotatable bonds is 30. The quantitative estimate of drug-likeness (QED) is 0.0138. The summed E-state index contributed by atoms with van der Waals surface area (Å²) in [5.74, 6) is 2.93. The molecule has 13 aromatic carbocycles. The molecule has 764 valence electrons. The first-order valence-electron chi connectivity index (χ1n) is 48.5. The zero-order valence-electron chi connectivity index (χ0n) is 82.9. The number of methoxy groups -OCH3 is 4. The number of nitro groups is 1. The van der Waals surface area contributed by atoms with E-state index in [2.05, 4.69) is 131 Å². The van der Waals surface area contributed by atoms with E-state index in [1.165, 1.54) is 128 Å². The lowest BCUT2D eigenvalue weighted by molar-refractivity contribution is -0.384. The molecule has 29 nitrogen and oxygen atoms in total. The first-order valence-corrected chi connectivity index (χ1v) is 52.6. The van der Waals surface area contributed by atoms with Crippen molar-refractivity contribution in [2.24, 2.45) is 28.0 Å². The summed E-state index contributed by atoms with van der Waals surface area (Å²) in [6, 6.07) is 100. The predicted molar refractivity (Wildman–Crippen MR) is 582 cm³/mol. The van der Waals surface area contributed by atoms with Crippen LogP contribution in [0.3, 0.4) is 0 Å². The average Bonchev–Trinajstić information content (AvgIpc) is 1.46. The molecule has 0 spiro atoms. The van der Waals surface area contributed by atoms with Gasteiger partial charge in [0.05, 0.1) is 89.4 Å². The van der Waals surface area contributed by atoms with Crippen LogP contribution in [0.25, 0.3) is 10.1 Å². The molecule has 33 heteroatoms. The second-order valence-corrected chi connectivity index (χ2v) is 42.0. The van der Waals surface area contributed by atoms with Gasteiger partial charge in [-0.15, -0.1) is 11.3 Å². The maximum Gasteiger partial charge on any atom is 0.283 e. The number of aromatic hydroxyl groups is 2. The molecule has 2 aliphatic heterocycles. The van der Waals surface area contributed by atoms with Crippen LogP contribution in [0.4, 0.5) is 28.4 Å². The van der Waals surface area contributed by atoms with Gasteiger partial charge in [-0.05, 0) is 243 Å². The monoisotopic (exact) mass is 2080 g/mol. The fraction of sp³-hybridized carbons (Fsp3) is 0.216. The summed E-state index contributed by atoms with van der Waals surface area (Å²) >= 11 is 7.63. The Morgan fingerprint density at radius 2 is 1.08 bits per heavy atom. The summed E-state index contributed by atoms with van der Waals surface area (Å²) in [5, 5.41) is 51.2. The number of hydrazone groups is 2. The van der Waals surface area contributed by atoms with Crippen LogP contribution in [0.2, 0.25) is 5.02 Å². The highest BCUT2D eigenvalue weighted by Crippen LogP contribution is 2.56. The molecule has 6 N–H and O–H groups in total. The second kappa shape index (κ2) is 48.9. The SMILES string of the molecule is COc1cc(/C=N/NC(=O)c2sc3ccccc3c2Cl)cc(OC)c1OC.COc1ccc(C2N(Cc3ccccc3)CCN2Cc2ccccc2)cc1.Cc1cccc(N(CC(=O)NC23CC4CC(CC(C4)C2)C3)S(=O)(=O)c2ccccc2)c1.Cc1cccc(N(CC(=O)Nc2ccc(Cc3ccncc3)cc2)S(=O)(=O)c2ccccc2)c1.O=C1c2ccc([N+](=O)[O-])cc2NC(c2ccccc2O)N1/N=C/c1ccccc1O. The van der Waals surface area contributed by atoms with Gasteiger partial charge in [-0.25, -0.2) is 27.3 Å². The van der Waals surface area contributed by atoms with Crippen LogP contribution in [0.1, 0.15) is 127 Å². The third-order valence-electron chi connectivity index (χ3n) is 26.4. The molecule has 4 bridgehead atoms. The topological polar surface area (TPSA) is 359 Å². The lowest BCUT2D eigenvalue weighted by Gasteiger charge is -2.57. The van der Waals surface area contributed by atoms with Gasteiger partial charge in [0.2, 0.25) is 17.6 Å². The molecule has 21 rings (SSSR count). The summed E-state index contributed by atoms with van der Waals surface area (Å²) in [6.45, 7) is 7.31. The lowest BCUT2D eigenvalue weighted by Crippen LogP contribution is -2.61. The van der Waals surface area contributed by atoms with E-state index < -0.39 is 43.0 Å². The molecule has 15 aromatic rings. The number of benzene rings is 13. The number of aromatic nitrogens is 1. The number of non-ortho nitro benzene ring substituents is 1. The highest BCUT2D eigenvalue weighted by molar-refractivity contribution is 7.93. The Bertz CT molecular complexity index is 7410. The largest absolute Gasteiger partial charge is 0.508 e. The van der Waals surface area contributed by atoms with E-state index in [0.29, 0.717) is 78.7 Å². The number of thiophene rings is 1. The predicted octanol–water partition coefficient (Wildman–Crippen LogP) is 21.8. The Hall–Kier alpha value is -16.1. The molecule has 4 amide bonds. The minimum Gasteiger partial charge on any atom is -0.508 e. The van der Waals surface area contributed by atoms with E-state index in [0.717, 1.165) is 99.3 Å². The maximum atomic E-state index is 13.5. The van der Waals surface area contributed by atoms with Gasteiger partial charge in [-0.3, -0.25) is 52.7 Å². The molecule has 4 saturated carbocycles. The lowest BCUT2D eigenvalue weighted by atomic mass is 9.53. The highest BCUT2D eigenvalue weighted by Gasteiger charge is 2.52. The second-order valence-electron chi connectivity index (χ2n) is 36.9. The Kier molecular flexibility index (Phi) is 34.7. The van der Waals surface area contributed by atoms with Gasteiger partial charge in [-0.2, -0.15) is 10.2 Å². The van der Waals surface area contributed by atoms with Crippen LogP contribution in [0.15, 0.2) is 366 Å². The Morgan fingerprint density at radius 1 is 0.564 bits per heavy atom. The summed E-state index contributed by atoms with van der Waals surface area (Å²) in [6.07, 6.45) is 13.5. The summed E-state index contributed by atoms with van der Waals surface area (Å²) in [5.41, 5.74) is 13.8. The number of halogens is 1. The van der Waals surface area contributed by atoms with Crippen molar-refractivity contribution in [2.75, 3.05) is 73.9 Å². The molecule has 1 atom stereocenters. The van der Waals surface area contributed by atoms with E-state index in [1.54, 1.807) is 141 Å². The number of carbonyl (C=O) groups excluding carboxylic acids is 4. The van der Waals surface area contributed by atoms with Crippen molar-refractivity contribution >= 4 is 118 Å². The molecular formula is C116H114ClN13O16S3. The minimum absolute atomic E-state index is 0.00574. The van der Waals surface area contributed by atoms with Gasteiger partial charge in [-0.1, -0.05) is 206 Å². The summed E-state index contributed by atoms with van der Waals surface area (Å²) < 4.78 is 78.3. The van der Waals surface area contributed by atoms with Crippen LogP contribution in [-0.2, 0) is 49.1 Å². The van der Waals surface area contributed by atoms with Crippen LogP contribution in [0, 0.1) is 41.7 Å². The number of aryl methyl sites for hydroxylation is 2. The molecule has 1 saturated heterocycles. The van der Waals surface area contributed by atoms with Gasteiger partial charge >= 0.3 is 0 Å². The molecule has 4 aliphatic carbocycles. The molecule has 2 aromatic heterocycles. The molecule has 6 aliphatic rings. The van der Waals surface area contributed by atoms with Gasteiger partial charge in [0, 0.05) is 88.7 Å². The van der Waals surface area contributed by atoms with Crippen LogP contribution in [-0.4, -0.2) is 148 Å². The number of pyridine rings is 1. The van der Waals surface area contributed by atoms with Crippen molar-refractivity contribution in [3.05, 3.63) is 427 Å². The smallest absolute Gasteiger partial charge is 0.283 e. The number of hydrogen-bond acceptors (Lipinski definition) is 23. The standard InChI is InChI=1S/C27H25N3O3S.C25H30N2O3S.C24H26N2O.C21H16N4O5.C19H17ClN2O4S/c1-21-6-5-7-25(18-21)30(34(32,33)26-8-3-2-4-9-26)20-27(31)29-24-12-10-22(11-13-24)19-23-14-16-28-17-15-23;1-18-6-5-7-22(10-18)27(31(29,30)23-8-3-2-4-9-23)17-24(28)26-25-14-19-11-20(15-25)13-21(12-19)16-25;1-27-23-14-12-22(13-15-23)24-25(18-20-8-4-2-5-9-20)16-17-26(24)19-21-10-6-3-7-11-21;26-18-7-3-1-5-13(18)12-22-24-20(16-6-2-4-8-19(16)27)23-17-11-14(25(29)30)9-10-15(17)21(24)28;1-24-13-8-11(9-14(25-2)17(13)26-3)10-21-22-19(23)18-16(20)12-6-4-5-7-15(12)27-18/h2-18H,19-20H2,1H3,(H,29,31);2-10,19-21H,11-17H2,1H3,(H,26,28);2-15,24H,16-19H2,1H3;1-12,20,23,26-27H;4-10H,1-3H3,(H,22,23)/b;;;22-12+;21-10+. The Labute approximate surface area is 875 Å². The number of para-hydroxylation sites is 2. The van der Waals surface area contributed by atoms with Crippen LogP contribution < -0.4 is 48.9 Å². The molecule has 4 heterocycles. The highest BCUT2D eigenvalue weighted by atomic mass is 35.5. The number of fused-ring (bicyclic) bond motifs is 2. The first kappa shape index (κ1) is 106. The van der Waals surface area contributed by atoms with E-state index in [4.69, 9.17) is 30.5 Å². The fourth-order valence-corrected chi connectivity index (χ4v) is 24.0. The number of sulfonamides is 2. The van der Waals surface area contributed by atoms with Crippen molar-refractivity contribution in [3.8, 4) is 34.5 Å². The number of anilines is 4. The normalized spacial score (nSPS) is 16.6. The number of phenols is 2.